The van der Waals surface area contributed by atoms with Gasteiger partial charge in [0.1, 0.15) is 12.7 Å². The van der Waals surface area contributed by atoms with E-state index in [1.165, 1.54) is 48.5 Å². The number of ether oxygens (including phenoxy) is 6. The van der Waals surface area contributed by atoms with Crippen molar-refractivity contribution in [2.24, 2.45) is 0 Å². The molecule has 52 heavy (non-hydrogen) atoms. The average molecular weight is 701 g/mol. The molecule has 5 aromatic carbocycles. The zero-order valence-corrected chi connectivity index (χ0v) is 27.5. The first-order chi connectivity index (χ1) is 25.4. The van der Waals surface area contributed by atoms with Crippen LogP contribution in [0.3, 0.4) is 0 Å². The maximum Gasteiger partial charge on any atom is 0.340 e. The molecule has 0 bridgehead atoms. The van der Waals surface area contributed by atoms with Crippen LogP contribution in [0.4, 0.5) is 0 Å². The predicted molar refractivity (Wildman–Crippen MR) is 184 cm³/mol. The zero-order valence-electron chi connectivity index (χ0n) is 27.5. The Labute approximate surface area is 298 Å². The minimum absolute atomic E-state index is 0.146. The molecule has 1 heterocycles. The maximum atomic E-state index is 13.6. The number of rotatable bonds is 12. The highest BCUT2D eigenvalue weighted by atomic mass is 16.8. The standard InChI is InChI=1S/C41H32O11/c42-36(27-16-6-1-7-17-27)47-26-32(48-37(43)28-18-8-2-9-19-28)33-34(49-38(44)29-20-10-3-11-21-29)35(50-39(45)30-22-12-4-13-23-30)41(51-33)52-40(46)31-24-14-5-15-25-31/h1-25,32-35,41H,26H2/t32?,33-,34+,35?,41?/m0/s1. The van der Waals surface area contributed by atoms with Crippen LogP contribution in [0.2, 0.25) is 0 Å². The lowest BCUT2D eigenvalue weighted by Crippen LogP contribution is -2.47. The van der Waals surface area contributed by atoms with Gasteiger partial charge in [0.15, 0.2) is 12.2 Å². The van der Waals surface area contributed by atoms with Crippen molar-refractivity contribution in [3.8, 4) is 0 Å². The quantitative estimate of drug-likeness (QED) is 0.110. The van der Waals surface area contributed by atoms with Crippen LogP contribution in [0, 0.1) is 0 Å². The van der Waals surface area contributed by atoms with Crippen LogP contribution in [0.15, 0.2) is 152 Å². The molecule has 1 saturated heterocycles. The first kappa shape index (κ1) is 35.2. The largest absolute Gasteiger partial charge is 0.458 e. The third-order valence-electron chi connectivity index (χ3n) is 7.97. The summed E-state index contributed by atoms with van der Waals surface area (Å²) in [5, 5.41) is 0. The third-order valence-corrected chi connectivity index (χ3v) is 7.97. The van der Waals surface area contributed by atoms with E-state index < -0.39 is 67.2 Å². The Morgan fingerprint density at radius 1 is 0.442 bits per heavy atom. The monoisotopic (exact) mass is 700 g/mol. The smallest absolute Gasteiger partial charge is 0.340 e. The molecule has 0 spiro atoms. The van der Waals surface area contributed by atoms with Gasteiger partial charge >= 0.3 is 29.8 Å². The van der Waals surface area contributed by atoms with E-state index in [0.29, 0.717) is 0 Å². The fraction of sp³-hybridized carbons (Fsp3) is 0.146. The lowest BCUT2D eigenvalue weighted by molar-refractivity contribution is -0.156. The SMILES string of the molecule is O=C(OCC(OC(=O)c1ccccc1)[C@@H]1OC(OC(=O)c2ccccc2)C(OC(=O)c2ccccc2)[C@@H]1OC(=O)c1ccccc1)c1ccccc1. The highest BCUT2D eigenvalue weighted by molar-refractivity contribution is 5.92. The molecule has 0 saturated carbocycles. The molecule has 0 N–H and O–H groups in total. The van der Waals surface area contributed by atoms with E-state index in [1.807, 2.05) is 0 Å². The number of hydrogen-bond acceptors (Lipinski definition) is 11. The molecular weight excluding hydrogens is 668 g/mol. The second-order valence-corrected chi connectivity index (χ2v) is 11.5. The van der Waals surface area contributed by atoms with Crippen molar-refractivity contribution in [3.63, 3.8) is 0 Å². The number of carbonyl (C=O) groups is 5. The highest BCUT2D eigenvalue weighted by Gasteiger charge is 2.56. The van der Waals surface area contributed by atoms with Gasteiger partial charge in [-0.15, -0.1) is 0 Å². The number of esters is 5. The number of benzene rings is 5. The summed E-state index contributed by atoms with van der Waals surface area (Å²) in [6.07, 6.45) is -7.79. The number of hydrogen-bond donors (Lipinski definition) is 0. The van der Waals surface area contributed by atoms with E-state index in [4.69, 9.17) is 28.4 Å². The molecule has 6 rings (SSSR count). The highest BCUT2D eigenvalue weighted by Crippen LogP contribution is 2.33. The summed E-state index contributed by atoms with van der Waals surface area (Å²) in [5.41, 5.74) is 0.837. The molecule has 5 aromatic rings. The summed E-state index contributed by atoms with van der Waals surface area (Å²) >= 11 is 0. The Balaban J connectivity index is 1.38. The number of carbonyl (C=O) groups excluding carboxylic acids is 5. The molecule has 0 amide bonds. The van der Waals surface area contributed by atoms with Crippen LogP contribution in [0.5, 0.6) is 0 Å². The van der Waals surface area contributed by atoms with E-state index in [9.17, 15) is 24.0 Å². The second-order valence-electron chi connectivity index (χ2n) is 11.5. The van der Waals surface area contributed by atoms with Gasteiger partial charge in [0.25, 0.3) is 0 Å². The van der Waals surface area contributed by atoms with Gasteiger partial charge in [-0.25, -0.2) is 24.0 Å². The molecule has 1 fully saturated rings. The van der Waals surface area contributed by atoms with E-state index in [2.05, 4.69) is 0 Å². The first-order valence-corrected chi connectivity index (χ1v) is 16.3. The van der Waals surface area contributed by atoms with Gasteiger partial charge in [-0.05, 0) is 60.7 Å². The summed E-state index contributed by atoms with van der Waals surface area (Å²) in [5.74, 6) is -4.08. The van der Waals surface area contributed by atoms with Gasteiger partial charge in [0.2, 0.25) is 12.4 Å². The van der Waals surface area contributed by atoms with E-state index >= 15 is 0 Å². The van der Waals surface area contributed by atoms with Crippen molar-refractivity contribution in [2.45, 2.75) is 30.7 Å². The Morgan fingerprint density at radius 2 is 0.788 bits per heavy atom. The molecule has 0 aliphatic carbocycles. The van der Waals surface area contributed by atoms with Gasteiger partial charge < -0.3 is 28.4 Å². The molecule has 1 aliphatic heterocycles. The lowest BCUT2D eigenvalue weighted by atomic mass is 10.0. The van der Waals surface area contributed by atoms with Crippen LogP contribution < -0.4 is 0 Å². The molecule has 0 aromatic heterocycles. The minimum atomic E-state index is -1.68. The van der Waals surface area contributed by atoms with Crippen molar-refractivity contribution in [1.29, 1.82) is 0 Å². The first-order valence-electron chi connectivity index (χ1n) is 16.3. The summed E-state index contributed by atoms with van der Waals surface area (Å²) in [4.78, 5) is 67.0. The minimum Gasteiger partial charge on any atom is -0.458 e. The Hall–Kier alpha value is -6.59. The molecule has 11 nitrogen and oxygen atoms in total. The summed E-state index contributed by atoms with van der Waals surface area (Å²) in [6.45, 7) is -0.588. The van der Waals surface area contributed by atoms with Crippen molar-refractivity contribution in [3.05, 3.63) is 179 Å². The van der Waals surface area contributed by atoms with E-state index in [1.54, 1.807) is 103 Å². The fourth-order valence-electron chi connectivity index (χ4n) is 5.37. The van der Waals surface area contributed by atoms with Crippen molar-refractivity contribution in [2.75, 3.05) is 6.61 Å². The average Bonchev–Trinajstić information content (AvgIpc) is 3.52. The van der Waals surface area contributed by atoms with Crippen LogP contribution >= 0.6 is 0 Å². The maximum absolute atomic E-state index is 13.6. The van der Waals surface area contributed by atoms with E-state index in [0.717, 1.165) is 0 Å². The zero-order chi connectivity index (χ0) is 36.3. The van der Waals surface area contributed by atoms with Crippen LogP contribution in [-0.4, -0.2) is 67.2 Å². The molecule has 11 heteroatoms. The van der Waals surface area contributed by atoms with Crippen molar-refractivity contribution < 1.29 is 52.4 Å². The molecule has 3 unspecified atom stereocenters. The van der Waals surface area contributed by atoms with Gasteiger partial charge in [0, 0.05) is 0 Å². The Bertz CT molecular complexity index is 1970. The summed E-state index contributed by atoms with van der Waals surface area (Å²) < 4.78 is 35.3. The Morgan fingerprint density at radius 3 is 1.21 bits per heavy atom. The topological polar surface area (TPSA) is 141 Å². The van der Waals surface area contributed by atoms with Crippen molar-refractivity contribution >= 4 is 29.8 Å². The lowest BCUT2D eigenvalue weighted by Gasteiger charge is -2.28. The summed E-state index contributed by atoms with van der Waals surface area (Å²) in [6, 6.07) is 40.1. The molecule has 5 atom stereocenters. The van der Waals surface area contributed by atoms with E-state index in [-0.39, 0.29) is 27.8 Å². The third kappa shape index (κ3) is 8.76. The molecule has 262 valence electrons. The normalized spacial score (nSPS) is 18.3. The van der Waals surface area contributed by atoms with Gasteiger partial charge in [0.05, 0.1) is 27.8 Å². The van der Waals surface area contributed by atoms with Crippen LogP contribution in [0.25, 0.3) is 0 Å². The summed E-state index contributed by atoms with van der Waals surface area (Å²) in [7, 11) is 0. The van der Waals surface area contributed by atoms with Crippen LogP contribution in [0.1, 0.15) is 51.8 Å². The second kappa shape index (κ2) is 16.9. The van der Waals surface area contributed by atoms with Crippen molar-refractivity contribution in [1.82, 2.24) is 0 Å². The van der Waals surface area contributed by atoms with Gasteiger partial charge in [-0.3, -0.25) is 0 Å². The molecule has 1 aliphatic rings. The predicted octanol–water partition coefficient (Wildman–Crippen LogP) is 6.10. The molecule has 0 radical (unpaired) electrons. The molecular formula is C41H32O11. The Kier molecular flexibility index (Phi) is 11.4. The fourth-order valence-corrected chi connectivity index (χ4v) is 5.37. The van der Waals surface area contributed by atoms with Gasteiger partial charge in [-0.2, -0.15) is 0 Å². The van der Waals surface area contributed by atoms with Gasteiger partial charge in [-0.1, -0.05) is 91.0 Å². The van der Waals surface area contributed by atoms with Crippen LogP contribution in [-0.2, 0) is 28.4 Å².